The molecule has 20 heavy (non-hydrogen) atoms. The van der Waals surface area contributed by atoms with Gasteiger partial charge in [-0.3, -0.25) is 4.90 Å². The average molecular weight is 274 g/mol. The molecule has 1 aliphatic heterocycles. The van der Waals surface area contributed by atoms with Crippen molar-refractivity contribution in [1.82, 2.24) is 10.2 Å². The lowest BCUT2D eigenvalue weighted by molar-refractivity contribution is 0.122. The van der Waals surface area contributed by atoms with Crippen LogP contribution in [0.5, 0.6) is 5.75 Å². The first kappa shape index (κ1) is 13.9. The minimum absolute atomic E-state index is 0.611. The van der Waals surface area contributed by atoms with E-state index in [0.29, 0.717) is 6.04 Å². The summed E-state index contributed by atoms with van der Waals surface area (Å²) in [6.45, 7) is 3.64. The van der Waals surface area contributed by atoms with Gasteiger partial charge in [0.15, 0.2) is 0 Å². The first-order chi connectivity index (χ1) is 9.81. The molecule has 1 saturated heterocycles. The molecule has 110 valence electrons. The molecule has 0 amide bonds. The van der Waals surface area contributed by atoms with Crippen LogP contribution in [0.2, 0.25) is 0 Å². The van der Waals surface area contributed by atoms with Crippen molar-refractivity contribution in [1.29, 1.82) is 0 Å². The summed E-state index contributed by atoms with van der Waals surface area (Å²) in [6, 6.07) is 7.22. The zero-order chi connectivity index (χ0) is 13.9. The molecule has 3 rings (SSSR count). The molecule has 1 N–H and O–H groups in total. The van der Waals surface area contributed by atoms with E-state index in [1.807, 2.05) is 0 Å². The van der Waals surface area contributed by atoms with Crippen molar-refractivity contribution >= 4 is 0 Å². The quantitative estimate of drug-likeness (QED) is 0.913. The van der Waals surface area contributed by atoms with Gasteiger partial charge in [0.05, 0.1) is 7.11 Å². The van der Waals surface area contributed by atoms with Gasteiger partial charge in [-0.1, -0.05) is 6.07 Å². The maximum absolute atomic E-state index is 5.41. The fourth-order valence-corrected chi connectivity index (χ4v) is 3.90. The molecule has 0 bridgehead atoms. The van der Waals surface area contributed by atoms with Crippen LogP contribution in [0, 0.1) is 5.92 Å². The van der Waals surface area contributed by atoms with Crippen LogP contribution in [0.1, 0.15) is 36.4 Å². The largest absolute Gasteiger partial charge is 0.497 e. The van der Waals surface area contributed by atoms with E-state index in [-0.39, 0.29) is 0 Å². The van der Waals surface area contributed by atoms with Crippen LogP contribution in [0.3, 0.4) is 0 Å². The maximum Gasteiger partial charge on any atom is 0.119 e. The third-order valence-electron chi connectivity index (χ3n) is 4.88. The van der Waals surface area contributed by atoms with Gasteiger partial charge >= 0.3 is 0 Å². The van der Waals surface area contributed by atoms with Gasteiger partial charge in [0.2, 0.25) is 0 Å². The van der Waals surface area contributed by atoms with E-state index < -0.39 is 0 Å². The number of benzene rings is 1. The first-order valence-electron chi connectivity index (χ1n) is 7.87. The summed E-state index contributed by atoms with van der Waals surface area (Å²) in [6.07, 6.45) is 5.20. The highest BCUT2D eigenvalue weighted by Crippen LogP contribution is 2.39. The lowest BCUT2D eigenvalue weighted by Gasteiger charge is -2.37. The Morgan fingerprint density at radius 3 is 3.05 bits per heavy atom. The summed E-state index contributed by atoms with van der Waals surface area (Å²) in [7, 11) is 3.82. The molecule has 0 aromatic heterocycles. The Bertz CT molecular complexity index is 458. The van der Waals surface area contributed by atoms with Gasteiger partial charge in [0, 0.05) is 12.6 Å². The molecule has 3 heteroatoms. The SMILES string of the molecule is CNCC1CCCN(C2CCc3ccc(OC)cc32)C1. The van der Waals surface area contributed by atoms with Crippen LogP contribution in [0.15, 0.2) is 18.2 Å². The summed E-state index contributed by atoms with van der Waals surface area (Å²) >= 11 is 0. The number of nitrogens with one attached hydrogen (secondary N) is 1. The number of likely N-dealkylation sites (tertiary alicyclic amines) is 1. The molecule has 1 heterocycles. The summed E-state index contributed by atoms with van der Waals surface area (Å²) in [5, 5.41) is 3.34. The highest BCUT2D eigenvalue weighted by atomic mass is 16.5. The topological polar surface area (TPSA) is 24.5 Å². The van der Waals surface area contributed by atoms with E-state index in [1.54, 1.807) is 7.11 Å². The Kier molecular flexibility index (Phi) is 4.27. The van der Waals surface area contributed by atoms with E-state index in [9.17, 15) is 0 Å². The average Bonchev–Trinajstić information content (AvgIpc) is 2.90. The van der Waals surface area contributed by atoms with Crippen molar-refractivity contribution in [2.24, 2.45) is 5.92 Å². The van der Waals surface area contributed by atoms with E-state index in [0.717, 1.165) is 18.2 Å². The normalized spacial score (nSPS) is 26.5. The Balaban J connectivity index is 1.76. The molecule has 2 atom stereocenters. The van der Waals surface area contributed by atoms with Gasteiger partial charge in [-0.05, 0) is 75.0 Å². The fourth-order valence-electron chi connectivity index (χ4n) is 3.90. The number of piperidine rings is 1. The van der Waals surface area contributed by atoms with Gasteiger partial charge in [-0.25, -0.2) is 0 Å². The molecule has 0 spiro atoms. The smallest absolute Gasteiger partial charge is 0.119 e. The number of hydrogen-bond donors (Lipinski definition) is 1. The fraction of sp³-hybridized carbons (Fsp3) is 0.647. The zero-order valence-corrected chi connectivity index (χ0v) is 12.7. The Hall–Kier alpha value is -1.06. The van der Waals surface area contributed by atoms with Crippen LogP contribution in [-0.4, -0.2) is 38.7 Å². The van der Waals surface area contributed by atoms with Crippen molar-refractivity contribution in [2.75, 3.05) is 33.8 Å². The lowest BCUT2D eigenvalue weighted by Crippen LogP contribution is -2.40. The van der Waals surface area contributed by atoms with Crippen molar-refractivity contribution in [3.05, 3.63) is 29.3 Å². The molecule has 2 aliphatic rings. The summed E-state index contributed by atoms with van der Waals surface area (Å²) in [5.74, 6) is 1.81. The van der Waals surface area contributed by atoms with Crippen LogP contribution in [0.25, 0.3) is 0 Å². The third-order valence-corrected chi connectivity index (χ3v) is 4.88. The molecular weight excluding hydrogens is 248 g/mol. The summed E-state index contributed by atoms with van der Waals surface area (Å²) < 4.78 is 5.41. The van der Waals surface area contributed by atoms with Crippen molar-refractivity contribution < 1.29 is 4.74 Å². The highest BCUT2D eigenvalue weighted by molar-refractivity contribution is 5.40. The number of aryl methyl sites for hydroxylation is 1. The predicted octanol–water partition coefficient (Wildman–Crippen LogP) is 2.61. The molecule has 0 saturated carbocycles. The molecule has 1 aromatic rings. The molecule has 0 radical (unpaired) electrons. The minimum atomic E-state index is 0.611. The van der Waals surface area contributed by atoms with Gasteiger partial charge in [-0.15, -0.1) is 0 Å². The van der Waals surface area contributed by atoms with Gasteiger partial charge in [0.25, 0.3) is 0 Å². The maximum atomic E-state index is 5.41. The van der Waals surface area contributed by atoms with Crippen LogP contribution < -0.4 is 10.1 Å². The van der Waals surface area contributed by atoms with E-state index in [4.69, 9.17) is 4.74 Å². The number of ether oxygens (including phenoxy) is 1. The van der Waals surface area contributed by atoms with Crippen LogP contribution in [-0.2, 0) is 6.42 Å². The third kappa shape index (κ3) is 2.70. The second-order valence-corrected chi connectivity index (χ2v) is 6.18. The standard InChI is InChI=1S/C17H26N2O/c1-18-11-13-4-3-9-19(12-13)17-8-6-14-5-7-15(20-2)10-16(14)17/h5,7,10,13,17-18H,3-4,6,8-9,11-12H2,1-2H3. The van der Waals surface area contributed by atoms with Gasteiger partial charge < -0.3 is 10.1 Å². The highest BCUT2D eigenvalue weighted by Gasteiger charge is 2.31. The minimum Gasteiger partial charge on any atom is -0.497 e. The van der Waals surface area contributed by atoms with E-state index in [2.05, 4.69) is 35.5 Å². The van der Waals surface area contributed by atoms with E-state index in [1.165, 1.54) is 49.9 Å². The predicted molar refractivity (Wildman–Crippen MR) is 82.3 cm³/mol. The second-order valence-electron chi connectivity index (χ2n) is 6.18. The number of hydrogen-bond acceptors (Lipinski definition) is 3. The first-order valence-corrected chi connectivity index (χ1v) is 7.87. The van der Waals surface area contributed by atoms with Crippen molar-refractivity contribution in [3.8, 4) is 5.75 Å². The second kappa shape index (κ2) is 6.15. The Labute approximate surface area is 122 Å². The molecule has 3 nitrogen and oxygen atoms in total. The zero-order valence-electron chi connectivity index (χ0n) is 12.7. The van der Waals surface area contributed by atoms with E-state index >= 15 is 0 Å². The summed E-state index contributed by atoms with van der Waals surface area (Å²) in [4.78, 5) is 2.71. The number of nitrogens with zero attached hydrogens (tertiary/aromatic N) is 1. The summed E-state index contributed by atoms with van der Waals surface area (Å²) in [5.41, 5.74) is 3.03. The van der Waals surface area contributed by atoms with Gasteiger partial charge in [0.1, 0.15) is 5.75 Å². The molecule has 1 fully saturated rings. The van der Waals surface area contributed by atoms with Crippen molar-refractivity contribution in [2.45, 2.75) is 31.7 Å². The monoisotopic (exact) mass is 274 g/mol. The molecular formula is C17H26N2O. The number of fused-ring (bicyclic) bond motifs is 1. The van der Waals surface area contributed by atoms with Crippen LogP contribution in [0.4, 0.5) is 0 Å². The Morgan fingerprint density at radius 2 is 2.25 bits per heavy atom. The molecule has 1 aromatic carbocycles. The Morgan fingerprint density at radius 1 is 1.35 bits per heavy atom. The lowest BCUT2D eigenvalue weighted by atomic mass is 9.95. The van der Waals surface area contributed by atoms with Crippen molar-refractivity contribution in [3.63, 3.8) is 0 Å². The molecule has 2 unspecified atom stereocenters. The molecule has 1 aliphatic carbocycles. The van der Waals surface area contributed by atoms with Crippen LogP contribution >= 0.6 is 0 Å². The van der Waals surface area contributed by atoms with Gasteiger partial charge in [-0.2, -0.15) is 0 Å². The number of rotatable bonds is 4. The number of methoxy groups -OCH3 is 1.